The van der Waals surface area contributed by atoms with E-state index in [1.54, 1.807) is 29.1 Å². The number of aromatic nitrogens is 3. The van der Waals surface area contributed by atoms with Crippen molar-refractivity contribution in [1.82, 2.24) is 19.5 Å². The lowest BCUT2D eigenvalue weighted by Gasteiger charge is -2.28. The molecule has 0 radical (unpaired) electrons. The van der Waals surface area contributed by atoms with E-state index in [1.165, 1.54) is 31.4 Å². The summed E-state index contributed by atoms with van der Waals surface area (Å²) < 4.78 is 30.7. The smallest absolute Gasteiger partial charge is 0.256 e. The Hall–Kier alpha value is -2.78. The molecule has 5 rings (SSSR count). The molecule has 2 saturated carbocycles. The topological polar surface area (TPSA) is 106 Å². The van der Waals surface area contributed by atoms with Gasteiger partial charge in [-0.15, -0.1) is 0 Å². The predicted molar refractivity (Wildman–Crippen MR) is 136 cm³/mol. The van der Waals surface area contributed by atoms with Gasteiger partial charge in [0.1, 0.15) is 0 Å². The van der Waals surface area contributed by atoms with Gasteiger partial charge in [0.05, 0.1) is 22.0 Å². The fourth-order valence-electron chi connectivity index (χ4n) is 5.93. The molecular formula is C26H33N5O3S. The van der Waals surface area contributed by atoms with E-state index in [0.717, 1.165) is 18.0 Å². The van der Waals surface area contributed by atoms with E-state index >= 15 is 0 Å². The van der Waals surface area contributed by atoms with Crippen molar-refractivity contribution in [1.29, 1.82) is 0 Å². The van der Waals surface area contributed by atoms with E-state index in [0.29, 0.717) is 34.1 Å². The molecule has 0 aliphatic heterocycles. The van der Waals surface area contributed by atoms with Gasteiger partial charge in [-0.05, 0) is 95.0 Å². The van der Waals surface area contributed by atoms with Crippen molar-refractivity contribution in [3.8, 4) is 0 Å². The molecule has 2 aliphatic carbocycles. The van der Waals surface area contributed by atoms with Crippen LogP contribution in [0.25, 0.3) is 11.0 Å². The Morgan fingerprint density at radius 2 is 1.86 bits per heavy atom. The zero-order chi connectivity index (χ0) is 24.9. The number of nitrogens with one attached hydrogen (secondary N) is 2. The highest BCUT2D eigenvalue weighted by Gasteiger charge is 2.42. The minimum atomic E-state index is -3.63. The summed E-state index contributed by atoms with van der Waals surface area (Å²) in [5.74, 6) is 1.54. The van der Waals surface area contributed by atoms with E-state index < -0.39 is 10.0 Å². The van der Waals surface area contributed by atoms with Crippen LogP contribution in [0.1, 0.15) is 68.5 Å². The lowest BCUT2D eigenvalue weighted by Crippen LogP contribution is -2.40. The Kier molecular flexibility index (Phi) is 6.17. The molecule has 9 heteroatoms. The minimum Gasteiger partial charge on any atom is -0.322 e. The highest BCUT2D eigenvalue weighted by molar-refractivity contribution is 7.89. The third kappa shape index (κ3) is 4.59. The molecule has 2 bridgehead atoms. The minimum absolute atomic E-state index is 0.0845. The van der Waals surface area contributed by atoms with Gasteiger partial charge in [-0.3, -0.25) is 4.79 Å². The van der Waals surface area contributed by atoms with Crippen LogP contribution >= 0.6 is 0 Å². The van der Waals surface area contributed by atoms with Crippen LogP contribution in [0, 0.1) is 24.7 Å². The molecule has 0 spiro atoms. The molecule has 2 fully saturated rings. The Bertz CT molecular complexity index is 1360. The number of aryl methyl sites for hydroxylation is 1. The maximum absolute atomic E-state index is 13.1. The van der Waals surface area contributed by atoms with Crippen LogP contribution in [0.4, 0.5) is 5.69 Å². The van der Waals surface area contributed by atoms with E-state index in [2.05, 4.69) is 20.1 Å². The third-order valence-electron chi connectivity index (χ3n) is 7.63. The average molecular weight is 496 g/mol. The molecule has 2 N–H and O–H groups in total. The Labute approximate surface area is 206 Å². The van der Waals surface area contributed by atoms with Crippen molar-refractivity contribution in [3.63, 3.8) is 0 Å². The molecule has 4 unspecified atom stereocenters. The largest absolute Gasteiger partial charge is 0.322 e. The van der Waals surface area contributed by atoms with Gasteiger partial charge >= 0.3 is 0 Å². The maximum Gasteiger partial charge on any atom is 0.256 e. The number of rotatable bonds is 7. The van der Waals surface area contributed by atoms with Crippen LogP contribution in [0.5, 0.6) is 0 Å². The van der Waals surface area contributed by atoms with Gasteiger partial charge < -0.3 is 5.32 Å². The van der Waals surface area contributed by atoms with Gasteiger partial charge in [-0.2, -0.15) is 5.10 Å². The fourth-order valence-corrected chi connectivity index (χ4v) is 7.23. The molecule has 35 heavy (non-hydrogen) atoms. The second-order valence-electron chi connectivity index (χ2n) is 10.5. The number of nitrogens with zero attached hydrogens (tertiary/aromatic N) is 3. The number of anilines is 1. The van der Waals surface area contributed by atoms with Crippen molar-refractivity contribution < 1.29 is 13.2 Å². The molecule has 0 saturated heterocycles. The number of fused-ring (bicyclic) bond motifs is 3. The maximum atomic E-state index is 13.1. The van der Waals surface area contributed by atoms with Crippen molar-refractivity contribution in [2.75, 3.05) is 5.32 Å². The second-order valence-corrected chi connectivity index (χ2v) is 12.2. The first-order valence-corrected chi connectivity index (χ1v) is 13.9. The fraction of sp³-hybridized carbons (Fsp3) is 0.500. The number of carbonyl (C=O) groups is 1. The zero-order valence-corrected chi connectivity index (χ0v) is 21.5. The predicted octanol–water partition coefficient (Wildman–Crippen LogP) is 4.68. The van der Waals surface area contributed by atoms with Crippen LogP contribution < -0.4 is 10.0 Å². The number of sulfonamides is 1. The summed E-state index contributed by atoms with van der Waals surface area (Å²) in [7, 11) is -3.63. The zero-order valence-electron chi connectivity index (χ0n) is 20.7. The Balaban J connectivity index is 1.30. The van der Waals surface area contributed by atoms with Gasteiger partial charge in [0.15, 0.2) is 5.65 Å². The van der Waals surface area contributed by atoms with E-state index in [9.17, 15) is 13.2 Å². The number of pyridine rings is 1. The molecule has 1 aromatic carbocycles. The molecular weight excluding hydrogens is 462 g/mol. The molecule has 2 aromatic heterocycles. The van der Waals surface area contributed by atoms with Gasteiger partial charge in [0.25, 0.3) is 5.91 Å². The molecule has 2 heterocycles. The van der Waals surface area contributed by atoms with Crippen molar-refractivity contribution >= 4 is 32.7 Å². The average Bonchev–Trinajstić information content (AvgIpc) is 3.54. The quantitative estimate of drug-likeness (QED) is 0.495. The van der Waals surface area contributed by atoms with Crippen LogP contribution in [-0.4, -0.2) is 35.1 Å². The number of amides is 1. The molecule has 1 amide bonds. The monoisotopic (exact) mass is 495 g/mol. The first-order valence-electron chi connectivity index (χ1n) is 12.4. The molecule has 4 atom stereocenters. The number of carbonyl (C=O) groups excluding carboxylic acids is 1. The van der Waals surface area contributed by atoms with Gasteiger partial charge in [-0.1, -0.05) is 6.42 Å². The summed E-state index contributed by atoms with van der Waals surface area (Å²) in [6.07, 6.45) is 6.54. The lowest BCUT2D eigenvalue weighted by molar-refractivity contribution is 0.102. The summed E-state index contributed by atoms with van der Waals surface area (Å²) >= 11 is 0. The first kappa shape index (κ1) is 23.9. The SMILES string of the molecule is Cc1cc(C(=O)Nc2ccc(S(=O)(=O)NC(C)C3CC4CCC3C4)cc2)c2cnn(C(C)C)c2n1. The summed E-state index contributed by atoms with van der Waals surface area (Å²) in [6, 6.07) is 8.09. The number of hydrogen-bond donors (Lipinski definition) is 2. The van der Waals surface area contributed by atoms with Crippen molar-refractivity contribution in [2.24, 2.45) is 17.8 Å². The Morgan fingerprint density at radius 3 is 2.49 bits per heavy atom. The standard InChI is InChI=1S/C26H33N5O3S/c1-15(2)31-25-24(14-27-31)23(11-16(3)28-25)26(32)29-20-7-9-21(10-8-20)35(33,34)30-17(4)22-13-18-5-6-19(22)12-18/h7-11,14-15,17-19,22,30H,5-6,12-13H2,1-4H3,(H,29,32). The number of hydrogen-bond acceptors (Lipinski definition) is 5. The van der Waals surface area contributed by atoms with E-state index in [1.807, 2.05) is 27.7 Å². The summed E-state index contributed by atoms with van der Waals surface area (Å²) in [5, 5.41) is 7.95. The normalized spacial score (nSPS) is 22.7. The van der Waals surface area contributed by atoms with Crippen molar-refractivity contribution in [2.45, 2.75) is 70.4 Å². The molecule has 3 aromatic rings. The lowest BCUT2D eigenvalue weighted by atomic mass is 9.84. The van der Waals surface area contributed by atoms with E-state index in [-0.39, 0.29) is 22.9 Å². The summed E-state index contributed by atoms with van der Waals surface area (Å²) in [5.41, 5.74) is 2.40. The summed E-state index contributed by atoms with van der Waals surface area (Å²) in [6.45, 7) is 7.85. The van der Waals surface area contributed by atoms with Crippen LogP contribution in [-0.2, 0) is 10.0 Å². The third-order valence-corrected chi connectivity index (χ3v) is 9.20. The van der Waals surface area contributed by atoms with Gasteiger partial charge in [0.2, 0.25) is 10.0 Å². The highest BCUT2D eigenvalue weighted by Crippen LogP contribution is 2.49. The summed E-state index contributed by atoms with van der Waals surface area (Å²) in [4.78, 5) is 17.8. The van der Waals surface area contributed by atoms with Crippen LogP contribution in [0.3, 0.4) is 0 Å². The molecule has 2 aliphatic rings. The Morgan fingerprint density at radius 1 is 1.11 bits per heavy atom. The van der Waals surface area contributed by atoms with Crippen LogP contribution in [0.2, 0.25) is 0 Å². The first-order chi connectivity index (χ1) is 16.6. The molecule has 8 nitrogen and oxygen atoms in total. The van der Waals surface area contributed by atoms with Gasteiger partial charge in [-0.25, -0.2) is 22.8 Å². The van der Waals surface area contributed by atoms with Gasteiger partial charge in [0, 0.05) is 23.5 Å². The second kappa shape index (κ2) is 9.02. The van der Waals surface area contributed by atoms with Crippen molar-refractivity contribution in [3.05, 3.63) is 47.8 Å². The number of benzene rings is 1. The molecule has 186 valence electrons. The van der Waals surface area contributed by atoms with E-state index in [4.69, 9.17) is 0 Å². The van der Waals surface area contributed by atoms with Crippen LogP contribution in [0.15, 0.2) is 41.4 Å². The highest BCUT2D eigenvalue weighted by atomic mass is 32.2.